The normalized spacial score (nSPS) is 10.5. The largest absolute Gasteiger partial charge is 0.484 e. The second-order valence-corrected chi connectivity index (χ2v) is 6.60. The summed E-state index contributed by atoms with van der Waals surface area (Å²) < 4.78 is 12.2. The smallest absolute Gasteiger partial charge is 0.264 e. The maximum atomic E-state index is 12.1. The van der Waals surface area contributed by atoms with Crippen molar-refractivity contribution in [2.75, 3.05) is 11.9 Å². The van der Waals surface area contributed by atoms with Crippen molar-refractivity contribution in [2.45, 2.75) is 0 Å². The standard InChI is InChI=1S/C20H15N3O3S/c24-18(23-20-22-16-5-1-2-6-17(16)27-20)13-25-14-8-10-15(11-9-14)26-19-7-3-4-12-21-19/h1-12H,13H2,(H,22,23,24). The first kappa shape index (κ1) is 17.0. The molecule has 0 saturated carbocycles. The third-order valence-corrected chi connectivity index (χ3v) is 4.55. The highest BCUT2D eigenvalue weighted by atomic mass is 32.1. The summed E-state index contributed by atoms with van der Waals surface area (Å²) in [5, 5.41) is 3.32. The summed E-state index contributed by atoms with van der Waals surface area (Å²) in [6.07, 6.45) is 1.66. The molecule has 2 aromatic heterocycles. The molecule has 0 aliphatic carbocycles. The van der Waals surface area contributed by atoms with E-state index < -0.39 is 0 Å². The SMILES string of the molecule is O=C(COc1ccc(Oc2ccccn2)cc1)Nc1nc2ccccc2s1. The molecule has 6 nitrogen and oxygen atoms in total. The minimum absolute atomic E-state index is 0.101. The fourth-order valence-electron chi connectivity index (χ4n) is 2.36. The van der Waals surface area contributed by atoms with Crippen molar-refractivity contribution in [3.63, 3.8) is 0 Å². The van der Waals surface area contributed by atoms with Gasteiger partial charge in [0.1, 0.15) is 11.5 Å². The van der Waals surface area contributed by atoms with Crippen molar-refractivity contribution >= 4 is 32.6 Å². The number of ether oxygens (including phenoxy) is 2. The number of nitrogens with one attached hydrogen (secondary N) is 1. The Kier molecular flexibility index (Phi) is 4.93. The number of hydrogen-bond acceptors (Lipinski definition) is 6. The molecule has 1 amide bonds. The summed E-state index contributed by atoms with van der Waals surface area (Å²) in [6, 6.07) is 20.2. The third kappa shape index (κ3) is 4.39. The molecule has 0 spiro atoms. The molecule has 0 aliphatic rings. The second-order valence-electron chi connectivity index (χ2n) is 5.57. The van der Waals surface area contributed by atoms with Crippen molar-refractivity contribution in [2.24, 2.45) is 0 Å². The highest BCUT2D eigenvalue weighted by Gasteiger charge is 2.08. The Bertz CT molecular complexity index is 1020. The Morgan fingerprint density at radius 2 is 1.74 bits per heavy atom. The summed E-state index contributed by atoms with van der Waals surface area (Å²) in [5.41, 5.74) is 0.863. The van der Waals surface area contributed by atoms with Gasteiger partial charge in [0.25, 0.3) is 5.91 Å². The number of amides is 1. The average molecular weight is 377 g/mol. The first-order valence-corrected chi connectivity index (χ1v) is 9.05. The van der Waals surface area contributed by atoms with Crippen molar-refractivity contribution in [1.82, 2.24) is 9.97 Å². The molecule has 0 atom stereocenters. The molecule has 0 bridgehead atoms. The lowest BCUT2D eigenvalue weighted by Crippen LogP contribution is -2.19. The lowest BCUT2D eigenvalue weighted by atomic mass is 10.3. The number of hydrogen-bond donors (Lipinski definition) is 1. The number of para-hydroxylation sites is 1. The lowest BCUT2D eigenvalue weighted by molar-refractivity contribution is -0.118. The Hall–Kier alpha value is -3.45. The van der Waals surface area contributed by atoms with Gasteiger partial charge in [-0.2, -0.15) is 0 Å². The molecule has 0 saturated heterocycles. The summed E-state index contributed by atoms with van der Waals surface area (Å²) in [4.78, 5) is 20.5. The van der Waals surface area contributed by atoms with E-state index in [1.165, 1.54) is 11.3 Å². The fraction of sp³-hybridized carbons (Fsp3) is 0.0500. The third-order valence-electron chi connectivity index (χ3n) is 3.59. The lowest BCUT2D eigenvalue weighted by Gasteiger charge is -2.07. The molecule has 0 unspecified atom stereocenters. The van der Waals surface area contributed by atoms with Crippen molar-refractivity contribution in [3.05, 3.63) is 72.9 Å². The van der Waals surface area contributed by atoms with Crippen LogP contribution < -0.4 is 14.8 Å². The number of carbonyl (C=O) groups excluding carboxylic acids is 1. The first-order valence-electron chi connectivity index (χ1n) is 8.23. The van der Waals surface area contributed by atoms with Crippen LogP contribution in [-0.4, -0.2) is 22.5 Å². The van der Waals surface area contributed by atoms with Crippen LogP contribution in [0.4, 0.5) is 5.13 Å². The number of nitrogens with zero attached hydrogens (tertiary/aromatic N) is 2. The van der Waals surface area contributed by atoms with Crippen molar-refractivity contribution < 1.29 is 14.3 Å². The van der Waals surface area contributed by atoms with E-state index in [1.807, 2.05) is 36.4 Å². The van der Waals surface area contributed by atoms with Crippen LogP contribution in [-0.2, 0) is 4.79 Å². The number of fused-ring (bicyclic) bond motifs is 1. The average Bonchev–Trinajstić information content (AvgIpc) is 3.10. The van der Waals surface area contributed by atoms with Crippen LogP contribution >= 0.6 is 11.3 Å². The van der Waals surface area contributed by atoms with Gasteiger partial charge in [-0.15, -0.1) is 0 Å². The van der Waals surface area contributed by atoms with Gasteiger partial charge in [-0.05, 0) is 42.5 Å². The van der Waals surface area contributed by atoms with E-state index >= 15 is 0 Å². The van der Waals surface area contributed by atoms with Gasteiger partial charge in [-0.3, -0.25) is 10.1 Å². The highest BCUT2D eigenvalue weighted by molar-refractivity contribution is 7.22. The molecule has 2 aromatic carbocycles. The van der Waals surface area contributed by atoms with Crippen LogP contribution in [0.5, 0.6) is 17.4 Å². The van der Waals surface area contributed by atoms with Crippen LogP contribution in [0.1, 0.15) is 0 Å². The maximum absolute atomic E-state index is 12.1. The van der Waals surface area contributed by atoms with Crippen molar-refractivity contribution in [3.8, 4) is 17.4 Å². The minimum atomic E-state index is -0.261. The Morgan fingerprint density at radius 1 is 0.963 bits per heavy atom. The number of anilines is 1. The zero-order valence-electron chi connectivity index (χ0n) is 14.2. The van der Waals surface area contributed by atoms with E-state index in [0.717, 1.165) is 10.2 Å². The van der Waals surface area contributed by atoms with E-state index in [9.17, 15) is 4.79 Å². The highest BCUT2D eigenvalue weighted by Crippen LogP contribution is 2.25. The maximum Gasteiger partial charge on any atom is 0.264 e. The van der Waals surface area contributed by atoms with E-state index in [1.54, 1.807) is 36.5 Å². The van der Waals surface area contributed by atoms with Gasteiger partial charge < -0.3 is 9.47 Å². The van der Waals surface area contributed by atoms with Crippen LogP contribution in [0.15, 0.2) is 72.9 Å². The van der Waals surface area contributed by atoms with Gasteiger partial charge in [-0.1, -0.05) is 29.5 Å². The minimum Gasteiger partial charge on any atom is -0.484 e. The van der Waals surface area contributed by atoms with Crippen LogP contribution in [0.3, 0.4) is 0 Å². The number of carbonyl (C=O) groups is 1. The summed E-state index contributed by atoms with van der Waals surface area (Å²) in [6.45, 7) is -0.101. The molecular weight excluding hydrogens is 362 g/mol. The summed E-state index contributed by atoms with van der Waals surface area (Å²) in [5.74, 6) is 1.46. The molecule has 2 heterocycles. The Labute approximate surface area is 159 Å². The Balaban J connectivity index is 1.30. The quantitative estimate of drug-likeness (QED) is 0.535. The Morgan fingerprint density at radius 3 is 2.52 bits per heavy atom. The molecule has 134 valence electrons. The van der Waals surface area contributed by atoms with E-state index in [2.05, 4.69) is 15.3 Å². The van der Waals surface area contributed by atoms with E-state index in [4.69, 9.17) is 9.47 Å². The summed E-state index contributed by atoms with van der Waals surface area (Å²) >= 11 is 1.43. The predicted octanol–water partition coefficient (Wildman–Crippen LogP) is 4.50. The van der Waals surface area contributed by atoms with Crippen LogP contribution in [0.2, 0.25) is 0 Å². The van der Waals surface area contributed by atoms with Gasteiger partial charge in [0.15, 0.2) is 11.7 Å². The van der Waals surface area contributed by atoms with Gasteiger partial charge in [0.05, 0.1) is 10.2 Å². The number of thiazole rings is 1. The zero-order valence-corrected chi connectivity index (χ0v) is 15.0. The van der Waals surface area contributed by atoms with E-state index in [0.29, 0.717) is 22.5 Å². The number of benzene rings is 2. The molecule has 1 N–H and O–H groups in total. The van der Waals surface area contributed by atoms with E-state index in [-0.39, 0.29) is 12.5 Å². The van der Waals surface area contributed by atoms with Gasteiger partial charge >= 0.3 is 0 Å². The monoisotopic (exact) mass is 377 g/mol. The van der Waals surface area contributed by atoms with Crippen LogP contribution in [0.25, 0.3) is 10.2 Å². The van der Waals surface area contributed by atoms with Gasteiger partial charge in [-0.25, -0.2) is 9.97 Å². The zero-order chi connectivity index (χ0) is 18.5. The molecule has 27 heavy (non-hydrogen) atoms. The molecule has 4 rings (SSSR count). The van der Waals surface area contributed by atoms with Gasteiger partial charge in [0, 0.05) is 12.3 Å². The number of rotatable bonds is 6. The second kappa shape index (κ2) is 7.84. The molecule has 0 radical (unpaired) electrons. The fourth-order valence-corrected chi connectivity index (χ4v) is 3.24. The topological polar surface area (TPSA) is 73.3 Å². The molecule has 7 heteroatoms. The number of aromatic nitrogens is 2. The van der Waals surface area contributed by atoms with Crippen molar-refractivity contribution in [1.29, 1.82) is 0 Å². The predicted molar refractivity (Wildman–Crippen MR) is 104 cm³/mol. The summed E-state index contributed by atoms with van der Waals surface area (Å²) in [7, 11) is 0. The van der Waals surface area contributed by atoms with Crippen LogP contribution in [0, 0.1) is 0 Å². The molecule has 0 fully saturated rings. The molecule has 0 aliphatic heterocycles. The first-order chi connectivity index (χ1) is 13.3. The van der Waals surface area contributed by atoms with Gasteiger partial charge in [0.2, 0.25) is 5.88 Å². The molecule has 4 aromatic rings. The number of pyridine rings is 1. The molecular formula is C20H15N3O3S.